The molecule has 0 aromatic heterocycles. The quantitative estimate of drug-likeness (QED) is 0.551. The van der Waals surface area contributed by atoms with E-state index < -0.39 is 10.0 Å². The van der Waals surface area contributed by atoms with Crippen LogP contribution in [0.15, 0.2) is 0 Å². The van der Waals surface area contributed by atoms with E-state index in [0.717, 1.165) is 44.6 Å². The van der Waals surface area contributed by atoms with Gasteiger partial charge in [0.25, 0.3) is 0 Å². The van der Waals surface area contributed by atoms with Gasteiger partial charge in [-0.15, -0.1) is 0 Å². The Hall–Kier alpha value is -0.130. The van der Waals surface area contributed by atoms with Gasteiger partial charge in [0.1, 0.15) is 0 Å². The molecule has 0 aromatic carbocycles. The van der Waals surface area contributed by atoms with Crippen molar-refractivity contribution in [3.8, 4) is 0 Å². The average Bonchev–Trinajstić information content (AvgIpc) is 2.50. The van der Waals surface area contributed by atoms with Gasteiger partial charge < -0.3 is 5.32 Å². The van der Waals surface area contributed by atoms with E-state index in [1.165, 1.54) is 6.42 Å². The fourth-order valence-corrected chi connectivity index (χ4v) is 3.70. The van der Waals surface area contributed by atoms with Crippen molar-refractivity contribution >= 4 is 10.0 Å². The fourth-order valence-electron chi connectivity index (χ4n) is 2.43. The SMILES string of the molecule is CCCNCCS(=O)(=O)NC1CCCC(C)CC1. The first-order chi connectivity index (χ1) is 8.53. The maximum Gasteiger partial charge on any atom is 0.213 e. The topological polar surface area (TPSA) is 58.2 Å². The van der Waals surface area contributed by atoms with Crippen LogP contribution >= 0.6 is 0 Å². The minimum Gasteiger partial charge on any atom is -0.316 e. The van der Waals surface area contributed by atoms with Crippen LogP contribution in [0, 0.1) is 5.92 Å². The van der Waals surface area contributed by atoms with E-state index in [9.17, 15) is 8.42 Å². The Morgan fingerprint density at radius 2 is 1.89 bits per heavy atom. The molecular formula is C13H28N2O2S. The highest BCUT2D eigenvalue weighted by molar-refractivity contribution is 7.89. The molecule has 1 aliphatic rings. The van der Waals surface area contributed by atoms with Gasteiger partial charge in [0.15, 0.2) is 0 Å². The summed E-state index contributed by atoms with van der Waals surface area (Å²) < 4.78 is 26.7. The van der Waals surface area contributed by atoms with Crippen molar-refractivity contribution in [2.75, 3.05) is 18.8 Å². The second-order valence-corrected chi connectivity index (χ2v) is 7.37. The van der Waals surface area contributed by atoms with Gasteiger partial charge >= 0.3 is 0 Å². The van der Waals surface area contributed by atoms with Gasteiger partial charge in [-0.1, -0.05) is 26.7 Å². The molecule has 1 fully saturated rings. The standard InChI is InChI=1S/C13H28N2O2S/c1-3-9-14-10-11-18(16,17)15-13-6-4-5-12(2)7-8-13/h12-15H,3-11H2,1-2H3. The molecule has 108 valence electrons. The van der Waals surface area contributed by atoms with Crippen LogP contribution in [0.5, 0.6) is 0 Å². The molecule has 0 spiro atoms. The van der Waals surface area contributed by atoms with Crippen LogP contribution in [0.1, 0.15) is 52.4 Å². The predicted octanol–water partition coefficient (Wildman–Crippen LogP) is 1.87. The molecule has 5 heteroatoms. The van der Waals surface area contributed by atoms with Gasteiger partial charge in [0.05, 0.1) is 5.75 Å². The monoisotopic (exact) mass is 276 g/mol. The van der Waals surface area contributed by atoms with Crippen LogP contribution < -0.4 is 10.0 Å². The number of rotatable bonds is 7. The Balaban J connectivity index is 2.30. The first kappa shape index (κ1) is 15.9. The molecule has 1 saturated carbocycles. The fraction of sp³-hybridized carbons (Fsp3) is 1.00. The molecule has 18 heavy (non-hydrogen) atoms. The third kappa shape index (κ3) is 6.71. The average molecular weight is 276 g/mol. The summed E-state index contributed by atoms with van der Waals surface area (Å²) in [7, 11) is -3.11. The van der Waals surface area contributed by atoms with E-state index in [4.69, 9.17) is 0 Å². The summed E-state index contributed by atoms with van der Waals surface area (Å²) in [6, 6.07) is 0.158. The van der Waals surface area contributed by atoms with Gasteiger partial charge in [0, 0.05) is 12.6 Å². The van der Waals surface area contributed by atoms with E-state index in [1.807, 2.05) is 0 Å². The van der Waals surface area contributed by atoms with Crippen LogP contribution in [0.3, 0.4) is 0 Å². The van der Waals surface area contributed by atoms with Crippen molar-refractivity contribution < 1.29 is 8.42 Å². The van der Waals surface area contributed by atoms with E-state index in [1.54, 1.807) is 0 Å². The molecule has 0 amide bonds. The smallest absolute Gasteiger partial charge is 0.213 e. The van der Waals surface area contributed by atoms with Crippen molar-refractivity contribution in [1.29, 1.82) is 0 Å². The second-order valence-electron chi connectivity index (χ2n) is 5.50. The van der Waals surface area contributed by atoms with E-state index >= 15 is 0 Å². The van der Waals surface area contributed by atoms with Crippen molar-refractivity contribution in [3.05, 3.63) is 0 Å². The highest BCUT2D eigenvalue weighted by atomic mass is 32.2. The number of nitrogens with one attached hydrogen (secondary N) is 2. The molecule has 0 heterocycles. The summed E-state index contributed by atoms with van der Waals surface area (Å²) in [5.74, 6) is 0.935. The largest absolute Gasteiger partial charge is 0.316 e. The Bertz CT molecular complexity index is 317. The van der Waals surface area contributed by atoms with Crippen LogP contribution in [-0.4, -0.2) is 33.3 Å². The predicted molar refractivity (Wildman–Crippen MR) is 76.1 cm³/mol. The Morgan fingerprint density at radius 3 is 2.61 bits per heavy atom. The van der Waals surface area contributed by atoms with Crippen LogP contribution in [-0.2, 0) is 10.0 Å². The van der Waals surface area contributed by atoms with Gasteiger partial charge in [-0.25, -0.2) is 13.1 Å². The minimum atomic E-state index is -3.11. The first-order valence-corrected chi connectivity index (χ1v) is 8.89. The lowest BCUT2D eigenvalue weighted by molar-refractivity contribution is 0.484. The molecule has 1 aliphatic carbocycles. The summed E-state index contributed by atoms with van der Waals surface area (Å²) in [6.07, 6.45) is 6.53. The molecule has 0 aliphatic heterocycles. The molecule has 0 radical (unpaired) electrons. The summed E-state index contributed by atoms with van der Waals surface area (Å²) in [6.45, 7) is 5.76. The van der Waals surface area contributed by atoms with Crippen molar-refractivity contribution in [2.45, 2.75) is 58.4 Å². The van der Waals surface area contributed by atoms with Gasteiger partial charge in [0.2, 0.25) is 10.0 Å². The zero-order valence-corrected chi connectivity index (χ0v) is 12.6. The lowest BCUT2D eigenvalue weighted by Gasteiger charge is -2.16. The molecule has 2 N–H and O–H groups in total. The lowest BCUT2D eigenvalue weighted by atomic mass is 10.0. The molecular weight excluding hydrogens is 248 g/mol. The second kappa shape index (κ2) is 8.12. The summed E-state index contributed by atoms with van der Waals surface area (Å²) >= 11 is 0. The Kier molecular flexibility index (Phi) is 7.19. The summed E-state index contributed by atoms with van der Waals surface area (Å²) in [5, 5.41) is 3.13. The van der Waals surface area contributed by atoms with Crippen molar-refractivity contribution in [2.24, 2.45) is 5.92 Å². The van der Waals surface area contributed by atoms with Gasteiger partial charge in [-0.3, -0.25) is 0 Å². The minimum absolute atomic E-state index is 0.158. The maximum atomic E-state index is 11.9. The maximum absolute atomic E-state index is 11.9. The zero-order chi connectivity index (χ0) is 13.4. The van der Waals surface area contributed by atoms with Crippen molar-refractivity contribution in [3.63, 3.8) is 0 Å². The Morgan fingerprint density at radius 1 is 1.11 bits per heavy atom. The van der Waals surface area contributed by atoms with E-state index in [0.29, 0.717) is 6.54 Å². The van der Waals surface area contributed by atoms with Crippen LogP contribution in [0.4, 0.5) is 0 Å². The highest BCUT2D eigenvalue weighted by Gasteiger charge is 2.20. The molecule has 0 bridgehead atoms. The normalized spacial score (nSPS) is 25.9. The summed E-state index contributed by atoms with van der Waals surface area (Å²) in [5.41, 5.74) is 0. The van der Waals surface area contributed by atoms with Crippen LogP contribution in [0.2, 0.25) is 0 Å². The third-order valence-electron chi connectivity index (χ3n) is 3.58. The molecule has 1 rings (SSSR count). The zero-order valence-electron chi connectivity index (χ0n) is 11.7. The number of hydrogen-bond acceptors (Lipinski definition) is 3. The molecule has 2 unspecified atom stereocenters. The van der Waals surface area contributed by atoms with Gasteiger partial charge in [-0.2, -0.15) is 0 Å². The van der Waals surface area contributed by atoms with Gasteiger partial charge in [-0.05, 0) is 38.1 Å². The number of sulfonamides is 1. The number of hydrogen-bond donors (Lipinski definition) is 2. The molecule has 2 atom stereocenters. The first-order valence-electron chi connectivity index (χ1n) is 7.24. The van der Waals surface area contributed by atoms with Crippen molar-refractivity contribution in [1.82, 2.24) is 10.0 Å². The molecule has 4 nitrogen and oxygen atoms in total. The Labute approximate surface area is 112 Å². The van der Waals surface area contributed by atoms with Crippen LogP contribution in [0.25, 0.3) is 0 Å². The molecule has 0 aromatic rings. The van der Waals surface area contributed by atoms with E-state index in [2.05, 4.69) is 23.9 Å². The lowest BCUT2D eigenvalue weighted by Crippen LogP contribution is -2.38. The summed E-state index contributed by atoms with van der Waals surface area (Å²) in [4.78, 5) is 0. The van der Waals surface area contributed by atoms with E-state index in [-0.39, 0.29) is 11.8 Å². The highest BCUT2D eigenvalue weighted by Crippen LogP contribution is 2.22. The third-order valence-corrected chi connectivity index (χ3v) is 5.01. The molecule has 0 saturated heterocycles.